The second-order valence-corrected chi connectivity index (χ2v) is 14.5. The van der Waals surface area contributed by atoms with Gasteiger partial charge < -0.3 is 13.9 Å². The number of hydrogen-bond acceptors (Lipinski definition) is 2. The minimum atomic E-state index is 0.860. The van der Waals surface area contributed by atoms with Crippen LogP contribution in [-0.2, 0) is 0 Å². The summed E-state index contributed by atoms with van der Waals surface area (Å²) in [6.07, 6.45) is 0. The Labute approximate surface area is 330 Å². The molecule has 0 bridgehead atoms. The molecule has 11 rings (SSSR count). The number of furan rings is 1. The number of aromatic nitrogens is 1. The monoisotopic (exact) mass is 728 g/mol. The second-order valence-electron chi connectivity index (χ2n) is 14.5. The van der Waals surface area contributed by atoms with Gasteiger partial charge in [0.2, 0.25) is 0 Å². The maximum Gasteiger partial charge on any atom is 0.137 e. The molecule has 9 aromatic carbocycles. The van der Waals surface area contributed by atoms with Crippen LogP contribution in [0.2, 0.25) is 0 Å². The first-order chi connectivity index (χ1) is 28.3. The maximum absolute atomic E-state index is 6.47. The topological polar surface area (TPSA) is 21.3 Å². The van der Waals surface area contributed by atoms with Crippen molar-refractivity contribution < 1.29 is 4.42 Å². The van der Waals surface area contributed by atoms with Crippen molar-refractivity contribution in [2.75, 3.05) is 4.90 Å². The van der Waals surface area contributed by atoms with Crippen molar-refractivity contribution in [1.82, 2.24) is 4.57 Å². The lowest BCUT2D eigenvalue weighted by atomic mass is 9.95. The first kappa shape index (κ1) is 32.8. The third-order valence-electron chi connectivity index (χ3n) is 11.2. The van der Waals surface area contributed by atoms with Crippen LogP contribution in [0.15, 0.2) is 223 Å². The summed E-state index contributed by atoms with van der Waals surface area (Å²) in [4.78, 5) is 2.41. The standard InChI is InChI=1S/C54H36N2O/c1-4-16-37(17-5-1)40-32-35-48(46(36-40)38-18-6-2-7-19-38)56(50-27-15-29-52-54(50)45-23-11-13-28-51(45)57-52)42-33-30-39(31-34-42)43-24-14-26-49-53(43)44-22-10-12-25-47(44)55(49)41-20-8-3-9-21-41/h1-36H. The molecule has 268 valence electrons. The highest BCUT2D eigenvalue weighted by atomic mass is 16.3. The van der Waals surface area contributed by atoms with Crippen LogP contribution in [0.3, 0.4) is 0 Å². The molecular formula is C54H36N2O. The van der Waals surface area contributed by atoms with Crippen LogP contribution in [-0.4, -0.2) is 4.57 Å². The summed E-state index contributed by atoms with van der Waals surface area (Å²) in [6.45, 7) is 0. The molecule has 57 heavy (non-hydrogen) atoms. The van der Waals surface area contributed by atoms with Crippen molar-refractivity contribution in [3.8, 4) is 39.1 Å². The van der Waals surface area contributed by atoms with Crippen molar-refractivity contribution >= 4 is 60.8 Å². The number of rotatable bonds is 7. The van der Waals surface area contributed by atoms with Crippen LogP contribution in [0, 0.1) is 0 Å². The van der Waals surface area contributed by atoms with Gasteiger partial charge in [-0.1, -0.05) is 152 Å². The normalized spacial score (nSPS) is 11.5. The van der Waals surface area contributed by atoms with Crippen molar-refractivity contribution in [2.45, 2.75) is 0 Å². The Morgan fingerprint density at radius 1 is 0.351 bits per heavy atom. The quantitative estimate of drug-likeness (QED) is 0.163. The Bertz CT molecular complexity index is 3220. The lowest BCUT2D eigenvalue weighted by molar-refractivity contribution is 0.669. The van der Waals surface area contributed by atoms with Gasteiger partial charge in [0.25, 0.3) is 0 Å². The zero-order valence-electron chi connectivity index (χ0n) is 31.1. The molecule has 0 saturated carbocycles. The molecule has 0 fully saturated rings. The van der Waals surface area contributed by atoms with Gasteiger partial charge >= 0.3 is 0 Å². The summed E-state index contributed by atoms with van der Waals surface area (Å²) >= 11 is 0. The highest BCUT2D eigenvalue weighted by molar-refractivity contribution is 6.16. The van der Waals surface area contributed by atoms with Crippen molar-refractivity contribution in [2.24, 2.45) is 0 Å². The molecule has 0 atom stereocenters. The molecule has 3 nitrogen and oxygen atoms in total. The Balaban J connectivity index is 1.13. The van der Waals surface area contributed by atoms with E-state index in [4.69, 9.17) is 4.42 Å². The van der Waals surface area contributed by atoms with E-state index >= 15 is 0 Å². The van der Waals surface area contributed by atoms with Gasteiger partial charge in [0.1, 0.15) is 11.2 Å². The molecule has 0 amide bonds. The highest BCUT2D eigenvalue weighted by Gasteiger charge is 2.23. The molecule has 2 aromatic heterocycles. The lowest BCUT2D eigenvalue weighted by Crippen LogP contribution is -2.11. The van der Waals surface area contributed by atoms with E-state index in [9.17, 15) is 0 Å². The SMILES string of the molecule is c1ccc(-c2ccc(N(c3ccc(-c4cccc5c4c4ccccc4n5-c4ccccc4)cc3)c3cccc4oc5ccccc5c34)c(-c3ccccc3)c2)cc1. The van der Waals surface area contributed by atoms with Gasteiger partial charge in [-0.15, -0.1) is 0 Å². The smallest absolute Gasteiger partial charge is 0.137 e. The third-order valence-corrected chi connectivity index (χ3v) is 11.2. The Morgan fingerprint density at radius 2 is 0.947 bits per heavy atom. The molecule has 3 heteroatoms. The summed E-state index contributed by atoms with van der Waals surface area (Å²) in [5, 5.41) is 4.66. The average Bonchev–Trinajstić information content (AvgIpc) is 3.84. The number of fused-ring (bicyclic) bond motifs is 6. The first-order valence-corrected chi connectivity index (χ1v) is 19.4. The predicted octanol–water partition coefficient (Wildman–Crippen LogP) is 15.2. The van der Waals surface area contributed by atoms with E-state index in [0.29, 0.717) is 0 Å². The van der Waals surface area contributed by atoms with Crippen molar-refractivity contribution in [1.29, 1.82) is 0 Å². The average molecular weight is 729 g/mol. The van der Waals surface area contributed by atoms with Crippen LogP contribution in [0.1, 0.15) is 0 Å². The van der Waals surface area contributed by atoms with E-state index in [2.05, 4.69) is 222 Å². The van der Waals surface area contributed by atoms with E-state index in [1.54, 1.807) is 0 Å². The number of para-hydroxylation sites is 3. The number of nitrogens with zero attached hydrogens (tertiary/aromatic N) is 2. The summed E-state index contributed by atoms with van der Waals surface area (Å²) in [7, 11) is 0. The van der Waals surface area contributed by atoms with Gasteiger partial charge in [0.15, 0.2) is 0 Å². The number of hydrogen-bond donors (Lipinski definition) is 0. The van der Waals surface area contributed by atoms with E-state index in [1.165, 1.54) is 38.5 Å². The molecule has 2 heterocycles. The minimum Gasteiger partial charge on any atom is -0.456 e. The van der Waals surface area contributed by atoms with Crippen LogP contribution >= 0.6 is 0 Å². The molecular weight excluding hydrogens is 693 g/mol. The van der Waals surface area contributed by atoms with E-state index in [-0.39, 0.29) is 0 Å². The third kappa shape index (κ3) is 5.51. The van der Waals surface area contributed by atoms with Crippen molar-refractivity contribution in [3.63, 3.8) is 0 Å². The van der Waals surface area contributed by atoms with E-state index in [1.807, 2.05) is 6.07 Å². The largest absolute Gasteiger partial charge is 0.456 e. The van der Waals surface area contributed by atoms with Gasteiger partial charge in [0, 0.05) is 33.1 Å². The van der Waals surface area contributed by atoms with E-state index < -0.39 is 0 Å². The molecule has 0 unspecified atom stereocenters. The van der Waals surface area contributed by atoms with Crippen LogP contribution in [0.5, 0.6) is 0 Å². The first-order valence-electron chi connectivity index (χ1n) is 19.4. The predicted molar refractivity (Wildman–Crippen MR) is 239 cm³/mol. The van der Waals surface area contributed by atoms with Gasteiger partial charge in [-0.3, -0.25) is 0 Å². The fraction of sp³-hybridized carbons (Fsp3) is 0. The van der Waals surface area contributed by atoms with Gasteiger partial charge in [-0.2, -0.15) is 0 Å². The molecule has 0 spiro atoms. The molecule has 0 aliphatic carbocycles. The summed E-state index contributed by atoms with van der Waals surface area (Å²) in [5.41, 5.74) is 15.5. The van der Waals surface area contributed by atoms with Crippen LogP contribution < -0.4 is 4.90 Å². The number of benzene rings is 9. The number of anilines is 3. The minimum absolute atomic E-state index is 0.860. The zero-order valence-corrected chi connectivity index (χ0v) is 31.1. The summed E-state index contributed by atoms with van der Waals surface area (Å²) in [5.74, 6) is 0. The summed E-state index contributed by atoms with van der Waals surface area (Å²) in [6, 6.07) is 78.1. The molecule has 0 saturated heterocycles. The lowest BCUT2D eigenvalue weighted by Gasteiger charge is -2.29. The molecule has 0 aliphatic rings. The van der Waals surface area contributed by atoms with Gasteiger partial charge in [0.05, 0.1) is 27.8 Å². The Hall–Kier alpha value is -7.62. The Morgan fingerprint density at radius 3 is 1.74 bits per heavy atom. The fourth-order valence-corrected chi connectivity index (χ4v) is 8.65. The molecule has 0 N–H and O–H groups in total. The highest BCUT2D eigenvalue weighted by Crippen LogP contribution is 2.47. The van der Waals surface area contributed by atoms with Gasteiger partial charge in [-0.25, -0.2) is 0 Å². The fourth-order valence-electron chi connectivity index (χ4n) is 8.65. The second kappa shape index (κ2) is 13.6. The van der Waals surface area contributed by atoms with Gasteiger partial charge in [-0.05, 0) is 94.5 Å². The molecule has 0 aliphatic heterocycles. The van der Waals surface area contributed by atoms with Crippen molar-refractivity contribution in [3.05, 3.63) is 218 Å². The zero-order chi connectivity index (χ0) is 37.7. The molecule has 0 radical (unpaired) electrons. The Kier molecular flexibility index (Phi) is 7.82. The molecule has 11 aromatic rings. The van der Waals surface area contributed by atoms with Crippen LogP contribution in [0.25, 0.3) is 82.8 Å². The van der Waals surface area contributed by atoms with E-state index in [0.717, 1.165) is 61.4 Å². The maximum atomic E-state index is 6.47. The summed E-state index contributed by atoms with van der Waals surface area (Å²) < 4.78 is 8.84. The van der Waals surface area contributed by atoms with Crippen LogP contribution in [0.4, 0.5) is 17.1 Å².